The fourth-order valence-corrected chi connectivity index (χ4v) is 2.94. The molecule has 2 aromatic rings. The van der Waals surface area contributed by atoms with Crippen LogP contribution in [0.4, 0.5) is 0 Å². The highest BCUT2D eigenvalue weighted by molar-refractivity contribution is 7.19. The predicted octanol–water partition coefficient (Wildman–Crippen LogP) is 3.39. The summed E-state index contributed by atoms with van der Waals surface area (Å²) < 4.78 is 6.25. The molecule has 0 atom stereocenters. The molecule has 1 aromatic heterocycles. The smallest absolute Gasteiger partial charge is 0.221 e. The van der Waals surface area contributed by atoms with E-state index in [1.165, 1.54) is 18.3 Å². The van der Waals surface area contributed by atoms with Crippen LogP contribution in [0.5, 0.6) is 5.75 Å². The van der Waals surface area contributed by atoms with Crippen LogP contribution in [0.15, 0.2) is 41.2 Å². The zero-order valence-electron chi connectivity index (χ0n) is 12.7. The van der Waals surface area contributed by atoms with Crippen LogP contribution in [0.25, 0.3) is 15.8 Å². The molecular formula is C16H17N3O2S. The molecule has 0 aliphatic heterocycles. The van der Waals surface area contributed by atoms with Gasteiger partial charge in [0.1, 0.15) is 10.8 Å². The number of hydrogen-bond acceptors (Lipinski definition) is 5. The first-order chi connectivity index (χ1) is 10.6. The number of benzene rings is 1. The van der Waals surface area contributed by atoms with Gasteiger partial charge < -0.3 is 10.1 Å². The summed E-state index contributed by atoms with van der Waals surface area (Å²) in [6, 6.07) is 5.73. The van der Waals surface area contributed by atoms with E-state index in [0.717, 1.165) is 26.5 Å². The van der Waals surface area contributed by atoms with Crippen LogP contribution in [0.1, 0.15) is 18.9 Å². The molecule has 1 amide bonds. The Hall–Kier alpha value is -2.47. The first kappa shape index (κ1) is 15.9. The molecule has 0 spiro atoms. The maximum absolute atomic E-state index is 11.3. The number of nitrogens with one attached hydrogen (secondary N) is 1. The molecule has 1 N–H and O–H groups in total. The first-order valence-corrected chi connectivity index (χ1v) is 7.46. The number of thiazole rings is 1. The predicted molar refractivity (Wildman–Crippen MR) is 91.3 cm³/mol. The van der Waals surface area contributed by atoms with Crippen molar-refractivity contribution >= 4 is 39.8 Å². The lowest BCUT2D eigenvalue weighted by Gasteiger charge is -2.09. The van der Waals surface area contributed by atoms with Crippen LogP contribution in [0.2, 0.25) is 0 Å². The van der Waals surface area contributed by atoms with Crippen LogP contribution in [-0.2, 0) is 4.79 Å². The number of ether oxygens (including phenoxy) is 1. The van der Waals surface area contributed by atoms with Crippen molar-refractivity contribution in [3.8, 4) is 5.75 Å². The third kappa shape index (κ3) is 3.40. The number of nitrogens with zero attached hydrogens (tertiary/aromatic N) is 2. The number of carbonyl (C=O) groups is 1. The van der Waals surface area contributed by atoms with Crippen molar-refractivity contribution in [2.45, 2.75) is 13.8 Å². The van der Waals surface area contributed by atoms with Gasteiger partial charge in [-0.25, -0.2) is 4.98 Å². The highest BCUT2D eigenvalue weighted by Crippen LogP contribution is 2.32. The van der Waals surface area contributed by atoms with Gasteiger partial charge in [0.05, 0.1) is 22.9 Å². The lowest BCUT2D eigenvalue weighted by molar-refractivity contribution is -0.118. The largest absolute Gasteiger partial charge is 0.497 e. The summed E-state index contributed by atoms with van der Waals surface area (Å²) in [5.74, 6) is 0.607. The van der Waals surface area contributed by atoms with E-state index in [9.17, 15) is 4.79 Å². The molecule has 1 aromatic carbocycles. The maximum Gasteiger partial charge on any atom is 0.221 e. The first-order valence-electron chi connectivity index (χ1n) is 6.64. The Kier molecular flexibility index (Phi) is 5.06. The summed E-state index contributed by atoms with van der Waals surface area (Å²) in [4.78, 5) is 19.8. The number of hydrogen-bond donors (Lipinski definition) is 1. The van der Waals surface area contributed by atoms with Crippen LogP contribution >= 0.6 is 11.3 Å². The Morgan fingerprint density at radius 3 is 2.86 bits per heavy atom. The molecular weight excluding hydrogens is 298 g/mol. The summed E-state index contributed by atoms with van der Waals surface area (Å²) in [6.07, 6.45) is 3.41. The molecule has 6 heteroatoms. The number of carbonyl (C=O) groups excluding carboxylic acids is 1. The van der Waals surface area contributed by atoms with Crippen molar-refractivity contribution in [2.75, 3.05) is 7.11 Å². The highest BCUT2D eigenvalue weighted by atomic mass is 32.1. The van der Waals surface area contributed by atoms with Gasteiger partial charge in [0, 0.05) is 24.9 Å². The minimum Gasteiger partial charge on any atom is -0.497 e. The third-order valence-corrected chi connectivity index (χ3v) is 4.00. The minimum atomic E-state index is -0.147. The molecule has 0 aliphatic rings. The number of methoxy groups -OCH3 is 1. The van der Waals surface area contributed by atoms with Crippen molar-refractivity contribution < 1.29 is 9.53 Å². The second kappa shape index (κ2) is 7.00. The molecule has 5 nitrogen and oxygen atoms in total. The zero-order chi connectivity index (χ0) is 16.1. The van der Waals surface area contributed by atoms with Crippen molar-refractivity contribution in [3.05, 3.63) is 41.2 Å². The zero-order valence-corrected chi connectivity index (χ0v) is 13.5. The van der Waals surface area contributed by atoms with Gasteiger partial charge in [0.25, 0.3) is 0 Å². The molecule has 22 heavy (non-hydrogen) atoms. The summed E-state index contributed by atoms with van der Waals surface area (Å²) in [5.41, 5.74) is 2.23. The quantitative estimate of drug-likeness (QED) is 0.679. The topological polar surface area (TPSA) is 63.6 Å². The van der Waals surface area contributed by atoms with E-state index in [-0.39, 0.29) is 5.91 Å². The van der Waals surface area contributed by atoms with Crippen LogP contribution in [0, 0.1) is 0 Å². The van der Waals surface area contributed by atoms with Crippen LogP contribution < -0.4 is 10.1 Å². The summed E-state index contributed by atoms with van der Waals surface area (Å²) in [5, 5.41) is 3.55. The third-order valence-electron chi connectivity index (χ3n) is 2.94. The van der Waals surface area contributed by atoms with E-state index < -0.39 is 0 Å². The summed E-state index contributed by atoms with van der Waals surface area (Å²) in [6.45, 7) is 6.80. The van der Waals surface area contributed by atoms with E-state index in [1.54, 1.807) is 13.3 Å². The number of fused-ring (bicyclic) bond motifs is 1. The standard InChI is InChI=1S/C16H17N3O2S/c1-5-13(18-10(2)20)12(9-17-3)16-19-14-8-11(21-4)6-7-15(14)22-16/h5-9H,3H2,1-2,4H3,(H,18,20)/b12-9+,13-5+. The fourth-order valence-electron chi connectivity index (χ4n) is 1.97. The van der Waals surface area contributed by atoms with Crippen molar-refractivity contribution in [1.82, 2.24) is 10.3 Å². The normalized spacial score (nSPS) is 12.3. The van der Waals surface area contributed by atoms with Gasteiger partial charge in [0.15, 0.2) is 0 Å². The Labute approximate surface area is 133 Å². The van der Waals surface area contributed by atoms with E-state index in [2.05, 4.69) is 22.0 Å². The van der Waals surface area contributed by atoms with E-state index in [4.69, 9.17) is 4.74 Å². The molecule has 2 rings (SSSR count). The fraction of sp³-hybridized carbons (Fsp3) is 0.188. The van der Waals surface area contributed by atoms with Gasteiger partial charge in [0.2, 0.25) is 5.91 Å². The average Bonchev–Trinajstić information content (AvgIpc) is 2.92. The summed E-state index contributed by atoms with van der Waals surface area (Å²) >= 11 is 1.52. The molecule has 0 unspecified atom stereocenters. The second-order valence-electron chi connectivity index (χ2n) is 4.46. The minimum absolute atomic E-state index is 0.147. The molecule has 0 bridgehead atoms. The van der Waals surface area contributed by atoms with Gasteiger partial charge in [-0.1, -0.05) is 6.08 Å². The Balaban J connectivity index is 2.51. The lowest BCUT2D eigenvalue weighted by atomic mass is 10.2. The van der Waals surface area contributed by atoms with Crippen molar-refractivity contribution in [3.63, 3.8) is 0 Å². The highest BCUT2D eigenvalue weighted by Gasteiger charge is 2.14. The number of amides is 1. The van der Waals surface area contributed by atoms with Gasteiger partial charge in [-0.05, 0) is 25.8 Å². The molecule has 1 heterocycles. The molecule has 0 radical (unpaired) electrons. The monoisotopic (exact) mass is 315 g/mol. The number of allylic oxidation sites excluding steroid dienone is 2. The maximum atomic E-state index is 11.3. The van der Waals surface area contributed by atoms with Crippen LogP contribution in [0.3, 0.4) is 0 Å². The molecule has 0 saturated carbocycles. The van der Waals surface area contributed by atoms with E-state index in [1.807, 2.05) is 31.2 Å². The molecule has 0 saturated heterocycles. The average molecular weight is 315 g/mol. The second-order valence-corrected chi connectivity index (χ2v) is 5.49. The Morgan fingerprint density at radius 1 is 1.50 bits per heavy atom. The Bertz CT molecular complexity index is 775. The van der Waals surface area contributed by atoms with E-state index >= 15 is 0 Å². The van der Waals surface area contributed by atoms with E-state index in [0.29, 0.717) is 5.70 Å². The molecule has 0 fully saturated rings. The molecule has 0 aliphatic carbocycles. The number of aromatic nitrogens is 1. The van der Waals surface area contributed by atoms with Crippen molar-refractivity contribution in [2.24, 2.45) is 4.99 Å². The lowest BCUT2D eigenvalue weighted by Crippen LogP contribution is -2.19. The van der Waals surface area contributed by atoms with Gasteiger partial charge in [-0.15, -0.1) is 11.3 Å². The molecule has 114 valence electrons. The summed E-state index contributed by atoms with van der Waals surface area (Å²) in [7, 11) is 1.62. The number of aliphatic imine (C=N–C) groups is 1. The van der Waals surface area contributed by atoms with Crippen molar-refractivity contribution in [1.29, 1.82) is 0 Å². The van der Waals surface area contributed by atoms with Gasteiger partial charge in [-0.2, -0.15) is 0 Å². The van der Waals surface area contributed by atoms with Gasteiger partial charge in [-0.3, -0.25) is 9.79 Å². The number of rotatable bonds is 5. The SMILES string of the molecule is C=N/C=C(\C(=C/C)NC(C)=O)c1nc2cc(OC)ccc2s1. The Morgan fingerprint density at radius 2 is 2.27 bits per heavy atom. The van der Waals surface area contributed by atoms with Crippen LogP contribution in [-0.4, -0.2) is 24.7 Å². The van der Waals surface area contributed by atoms with Gasteiger partial charge >= 0.3 is 0 Å².